The third-order valence-corrected chi connectivity index (χ3v) is 2.65. The molecule has 16 heavy (non-hydrogen) atoms. The van der Waals surface area contributed by atoms with Crippen LogP contribution in [0.2, 0.25) is 0 Å². The molecule has 2 aromatic heterocycles. The first kappa shape index (κ1) is 10.8. The highest BCUT2D eigenvalue weighted by molar-refractivity contribution is 5.51. The highest BCUT2D eigenvalue weighted by Crippen LogP contribution is 2.18. The Labute approximate surface area is 95.4 Å². The van der Waals surface area contributed by atoms with Crippen molar-refractivity contribution in [3.05, 3.63) is 35.8 Å². The predicted octanol–water partition coefficient (Wildman–Crippen LogP) is 1.51. The van der Waals surface area contributed by atoms with Crippen LogP contribution < -0.4 is 5.32 Å². The molecule has 1 N–H and O–H groups in total. The van der Waals surface area contributed by atoms with Gasteiger partial charge in [0.2, 0.25) is 0 Å². The molecule has 0 aromatic carbocycles. The van der Waals surface area contributed by atoms with Crippen LogP contribution in [0.1, 0.15) is 11.4 Å². The van der Waals surface area contributed by atoms with E-state index in [1.165, 1.54) is 5.69 Å². The summed E-state index contributed by atoms with van der Waals surface area (Å²) in [4.78, 5) is 8.88. The van der Waals surface area contributed by atoms with E-state index >= 15 is 0 Å². The Morgan fingerprint density at radius 3 is 2.81 bits per heavy atom. The SMILES string of the molecule is CNCc1c(C)nc(-c2ccccn2)n1C. The molecule has 2 rings (SSSR count). The smallest absolute Gasteiger partial charge is 0.158 e. The molecule has 0 aliphatic heterocycles. The van der Waals surface area contributed by atoms with Gasteiger partial charge in [0.15, 0.2) is 5.82 Å². The minimum Gasteiger partial charge on any atom is -0.328 e. The fourth-order valence-corrected chi connectivity index (χ4v) is 1.81. The lowest BCUT2D eigenvalue weighted by atomic mass is 10.3. The van der Waals surface area contributed by atoms with Gasteiger partial charge in [-0.2, -0.15) is 0 Å². The second-order valence-electron chi connectivity index (χ2n) is 3.77. The second kappa shape index (κ2) is 4.45. The van der Waals surface area contributed by atoms with Crippen LogP contribution in [-0.4, -0.2) is 21.6 Å². The first-order valence-electron chi connectivity index (χ1n) is 5.32. The van der Waals surface area contributed by atoms with E-state index in [9.17, 15) is 0 Å². The summed E-state index contributed by atoms with van der Waals surface area (Å²) in [5.74, 6) is 0.920. The number of nitrogens with zero attached hydrogens (tertiary/aromatic N) is 3. The Morgan fingerprint density at radius 2 is 2.19 bits per heavy atom. The van der Waals surface area contributed by atoms with Crippen molar-refractivity contribution in [2.24, 2.45) is 7.05 Å². The molecule has 0 amide bonds. The van der Waals surface area contributed by atoms with Gasteiger partial charge >= 0.3 is 0 Å². The van der Waals surface area contributed by atoms with Crippen LogP contribution >= 0.6 is 0 Å². The van der Waals surface area contributed by atoms with Crippen molar-refractivity contribution < 1.29 is 0 Å². The summed E-state index contributed by atoms with van der Waals surface area (Å²) in [7, 11) is 3.96. The molecule has 0 radical (unpaired) electrons. The van der Waals surface area contributed by atoms with Gasteiger partial charge in [0.1, 0.15) is 5.69 Å². The molecule has 0 saturated heterocycles. The maximum absolute atomic E-state index is 4.56. The van der Waals surface area contributed by atoms with Crippen LogP contribution in [0.5, 0.6) is 0 Å². The molecule has 0 saturated carbocycles. The number of aromatic nitrogens is 3. The van der Waals surface area contributed by atoms with Gasteiger partial charge in [-0.15, -0.1) is 0 Å². The number of imidazole rings is 1. The minimum absolute atomic E-state index is 0.822. The van der Waals surface area contributed by atoms with Crippen molar-refractivity contribution in [3.8, 4) is 11.5 Å². The van der Waals surface area contributed by atoms with Gasteiger partial charge < -0.3 is 9.88 Å². The van der Waals surface area contributed by atoms with E-state index in [1.807, 2.05) is 39.2 Å². The number of hydrogen-bond donors (Lipinski definition) is 1. The number of aryl methyl sites for hydroxylation is 1. The summed E-state index contributed by atoms with van der Waals surface area (Å²) < 4.78 is 2.09. The molecule has 0 atom stereocenters. The van der Waals surface area contributed by atoms with Gasteiger partial charge in [-0.05, 0) is 26.1 Å². The highest BCUT2D eigenvalue weighted by atomic mass is 15.1. The molecule has 0 unspecified atom stereocenters. The van der Waals surface area contributed by atoms with Gasteiger partial charge in [0.05, 0.1) is 11.4 Å². The lowest BCUT2D eigenvalue weighted by molar-refractivity contribution is 0.731. The largest absolute Gasteiger partial charge is 0.328 e. The lowest BCUT2D eigenvalue weighted by Gasteiger charge is -2.05. The molecule has 2 aromatic rings. The number of nitrogens with one attached hydrogen (secondary N) is 1. The molecule has 0 aliphatic carbocycles. The standard InChI is InChI=1S/C12H16N4/c1-9-11(8-13-2)16(3)12(15-9)10-6-4-5-7-14-10/h4-7,13H,8H2,1-3H3. The van der Waals surface area contributed by atoms with Gasteiger partial charge in [-0.25, -0.2) is 4.98 Å². The highest BCUT2D eigenvalue weighted by Gasteiger charge is 2.12. The van der Waals surface area contributed by atoms with Crippen molar-refractivity contribution in [3.63, 3.8) is 0 Å². The predicted molar refractivity (Wildman–Crippen MR) is 63.9 cm³/mol. The third kappa shape index (κ3) is 1.84. The first-order valence-corrected chi connectivity index (χ1v) is 5.32. The fraction of sp³-hybridized carbons (Fsp3) is 0.333. The summed E-state index contributed by atoms with van der Waals surface area (Å²) in [5.41, 5.74) is 3.16. The maximum Gasteiger partial charge on any atom is 0.158 e. The Morgan fingerprint density at radius 1 is 1.38 bits per heavy atom. The van der Waals surface area contributed by atoms with Crippen LogP contribution in [0, 0.1) is 6.92 Å². The average Bonchev–Trinajstić information content (AvgIpc) is 2.59. The van der Waals surface area contributed by atoms with Gasteiger partial charge in [-0.3, -0.25) is 4.98 Å². The molecule has 0 aliphatic rings. The van der Waals surface area contributed by atoms with Crippen LogP contribution in [0.15, 0.2) is 24.4 Å². The Balaban J connectivity index is 2.47. The zero-order chi connectivity index (χ0) is 11.5. The molecule has 4 heteroatoms. The van der Waals surface area contributed by atoms with E-state index in [4.69, 9.17) is 0 Å². The van der Waals surface area contributed by atoms with E-state index in [2.05, 4.69) is 19.9 Å². The maximum atomic E-state index is 4.56. The van der Waals surface area contributed by atoms with Crippen LogP contribution in [0.4, 0.5) is 0 Å². The summed E-state index contributed by atoms with van der Waals surface area (Å²) in [5, 5.41) is 3.15. The number of hydrogen-bond acceptors (Lipinski definition) is 3. The summed E-state index contributed by atoms with van der Waals surface area (Å²) >= 11 is 0. The Hall–Kier alpha value is -1.68. The molecule has 4 nitrogen and oxygen atoms in total. The summed E-state index contributed by atoms with van der Waals surface area (Å²) in [6.45, 7) is 2.85. The molecule has 0 fully saturated rings. The topological polar surface area (TPSA) is 42.7 Å². The van der Waals surface area contributed by atoms with Crippen molar-refractivity contribution in [1.82, 2.24) is 19.9 Å². The zero-order valence-corrected chi connectivity index (χ0v) is 9.86. The molecule has 84 valence electrons. The van der Waals surface area contributed by atoms with E-state index < -0.39 is 0 Å². The van der Waals surface area contributed by atoms with Crippen LogP contribution in [-0.2, 0) is 13.6 Å². The van der Waals surface area contributed by atoms with E-state index in [-0.39, 0.29) is 0 Å². The molecule has 2 heterocycles. The van der Waals surface area contributed by atoms with Crippen LogP contribution in [0.25, 0.3) is 11.5 Å². The first-order chi connectivity index (χ1) is 7.74. The zero-order valence-electron chi connectivity index (χ0n) is 9.86. The molecule has 0 bridgehead atoms. The lowest BCUT2D eigenvalue weighted by Crippen LogP contribution is -2.10. The third-order valence-electron chi connectivity index (χ3n) is 2.65. The van der Waals surface area contributed by atoms with Gasteiger partial charge in [-0.1, -0.05) is 6.07 Å². The van der Waals surface area contributed by atoms with Crippen molar-refractivity contribution >= 4 is 0 Å². The summed E-state index contributed by atoms with van der Waals surface area (Å²) in [6, 6.07) is 5.86. The monoisotopic (exact) mass is 216 g/mol. The van der Waals surface area contributed by atoms with Gasteiger partial charge in [0.25, 0.3) is 0 Å². The molecular weight excluding hydrogens is 200 g/mol. The fourth-order valence-electron chi connectivity index (χ4n) is 1.81. The quantitative estimate of drug-likeness (QED) is 0.845. The van der Waals surface area contributed by atoms with E-state index in [0.29, 0.717) is 0 Å². The van der Waals surface area contributed by atoms with E-state index in [0.717, 1.165) is 23.8 Å². The average molecular weight is 216 g/mol. The van der Waals surface area contributed by atoms with Crippen molar-refractivity contribution in [2.45, 2.75) is 13.5 Å². The normalized spacial score (nSPS) is 10.7. The van der Waals surface area contributed by atoms with Crippen LogP contribution in [0.3, 0.4) is 0 Å². The van der Waals surface area contributed by atoms with Gasteiger partial charge in [0, 0.05) is 19.8 Å². The second-order valence-corrected chi connectivity index (χ2v) is 3.77. The molecular formula is C12H16N4. The summed E-state index contributed by atoms with van der Waals surface area (Å²) in [6.07, 6.45) is 1.79. The molecule has 0 spiro atoms. The minimum atomic E-state index is 0.822. The number of pyridine rings is 1. The van der Waals surface area contributed by atoms with E-state index in [1.54, 1.807) is 6.20 Å². The number of rotatable bonds is 3. The van der Waals surface area contributed by atoms with Crippen molar-refractivity contribution in [1.29, 1.82) is 0 Å². The Kier molecular flexibility index (Phi) is 3.01. The Bertz CT molecular complexity index is 473. The van der Waals surface area contributed by atoms with Crippen molar-refractivity contribution in [2.75, 3.05) is 7.05 Å².